The average molecular weight is 368 g/mol. The first-order chi connectivity index (χ1) is 13.8. The number of fused-ring (bicyclic) bond motifs is 1. The van der Waals surface area contributed by atoms with E-state index in [9.17, 15) is 0 Å². The smallest absolute Gasteiger partial charge is 0.174 e. The minimum absolute atomic E-state index is 0.724. The van der Waals surface area contributed by atoms with E-state index in [1.807, 2.05) is 60.8 Å². The summed E-state index contributed by atoms with van der Waals surface area (Å²) in [6, 6.07) is 19.6. The largest absolute Gasteiger partial charge is 0.497 e. The lowest BCUT2D eigenvalue weighted by Crippen LogP contribution is -1.86. The maximum atomic E-state index is 5.64. The molecule has 0 atom stereocenters. The normalized spacial score (nSPS) is 11.0. The van der Waals surface area contributed by atoms with E-state index in [0.29, 0.717) is 0 Å². The van der Waals surface area contributed by atoms with Gasteiger partial charge in [0.15, 0.2) is 5.76 Å². The molecular weight excluding hydrogens is 352 g/mol. The van der Waals surface area contributed by atoms with Gasteiger partial charge in [0, 0.05) is 23.5 Å². The molecule has 0 saturated heterocycles. The van der Waals surface area contributed by atoms with Gasteiger partial charge in [0.1, 0.15) is 17.0 Å². The summed E-state index contributed by atoms with van der Waals surface area (Å²) >= 11 is 0. The highest BCUT2D eigenvalue weighted by Gasteiger charge is 2.15. The van der Waals surface area contributed by atoms with Crippen molar-refractivity contribution in [2.24, 2.45) is 0 Å². The Hall–Kier alpha value is -3.93. The van der Waals surface area contributed by atoms with Crippen LogP contribution >= 0.6 is 0 Å². The molecule has 0 radical (unpaired) electrons. The fourth-order valence-electron chi connectivity index (χ4n) is 3.27. The third kappa shape index (κ3) is 2.72. The van der Waals surface area contributed by atoms with Gasteiger partial charge in [0.05, 0.1) is 18.2 Å². The Labute approximate surface area is 160 Å². The van der Waals surface area contributed by atoms with Gasteiger partial charge in [0.2, 0.25) is 0 Å². The van der Waals surface area contributed by atoms with Gasteiger partial charge >= 0.3 is 0 Å². The standard InChI is InChI=1S/C22H16N4O2/c1-27-16-8-5-14(6-9-16)22-17-12-15(7-10-19(17)26-28-22)18-13-24-25-21(18)20-4-2-3-11-23-20/h2-13H,1H3,(H,24,25). The van der Waals surface area contributed by atoms with Gasteiger partial charge in [-0.15, -0.1) is 0 Å². The molecular formula is C22H16N4O2. The molecule has 5 rings (SSSR count). The molecule has 0 saturated carbocycles. The third-order valence-corrected chi connectivity index (χ3v) is 4.69. The topological polar surface area (TPSA) is 76.8 Å². The number of nitrogens with one attached hydrogen (secondary N) is 1. The van der Waals surface area contributed by atoms with Gasteiger partial charge in [-0.25, -0.2) is 0 Å². The highest BCUT2D eigenvalue weighted by Crippen LogP contribution is 2.35. The van der Waals surface area contributed by atoms with Crippen LogP contribution in [-0.4, -0.2) is 27.4 Å². The summed E-state index contributed by atoms with van der Waals surface area (Å²) in [4.78, 5) is 4.42. The number of hydrogen-bond acceptors (Lipinski definition) is 5. The van der Waals surface area contributed by atoms with Crippen LogP contribution in [0.4, 0.5) is 0 Å². The number of hydrogen-bond donors (Lipinski definition) is 1. The summed E-state index contributed by atoms with van der Waals surface area (Å²) in [6.45, 7) is 0. The summed E-state index contributed by atoms with van der Waals surface area (Å²) in [5, 5.41) is 12.5. The Morgan fingerprint density at radius 2 is 1.82 bits per heavy atom. The van der Waals surface area contributed by atoms with Gasteiger partial charge in [-0.3, -0.25) is 10.1 Å². The van der Waals surface area contributed by atoms with Crippen molar-refractivity contribution in [1.29, 1.82) is 0 Å². The van der Waals surface area contributed by atoms with Crippen LogP contribution < -0.4 is 4.74 Å². The summed E-state index contributed by atoms with van der Waals surface area (Å²) in [5.41, 5.74) is 5.36. The van der Waals surface area contributed by atoms with E-state index in [-0.39, 0.29) is 0 Å². The highest BCUT2D eigenvalue weighted by molar-refractivity contribution is 5.95. The number of H-pyrrole nitrogens is 1. The molecule has 2 aromatic carbocycles. The summed E-state index contributed by atoms with van der Waals surface area (Å²) in [5.74, 6) is 1.52. The molecule has 0 bridgehead atoms. The minimum atomic E-state index is 0.724. The highest BCUT2D eigenvalue weighted by atomic mass is 16.5. The van der Waals surface area contributed by atoms with Crippen molar-refractivity contribution < 1.29 is 9.26 Å². The number of ether oxygens (including phenoxy) is 1. The minimum Gasteiger partial charge on any atom is -0.497 e. The van der Waals surface area contributed by atoms with Crippen LogP contribution in [0.5, 0.6) is 5.75 Å². The number of pyridine rings is 1. The molecule has 0 amide bonds. The van der Waals surface area contributed by atoms with Crippen LogP contribution in [0.3, 0.4) is 0 Å². The van der Waals surface area contributed by atoms with Crippen LogP contribution in [0.15, 0.2) is 77.6 Å². The van der Waals surface area contributed by atoms with E-state index >= 15 is 0 Å². The Morgan fingerprint density at radius 1 is 0.964 bits per heavy atom. The molecule has 6 nitrogen and oxygen atoms in total. The predicted molar refractivity (Wildman–Crippen MR) is 107 cm³/mol. The van der Waals surface area contributed by atoms with Gasteiger partial charge in [-0.2, -0.15) is 5.10 Å². The van der Waals surface area contributed by atoms with E-state index in [0.717, 1.165) is 50.5 Å². The molecule has 0 unspecified atom stereocenters. The van der Waals surface area contributed by atoms with Crippen molar-refractivity contribution in [2.75, 3.05) is 7.11 Å². The Balaban J connectivity index is 1.62. The second-order valence-corrected chi connectivity index (χ2v) is 6.33. The van der Waals surface area contributed by atoms with Gasteiger partial charge in [-0.05, 0) is 54.1 Å². The summed E-state index contributed by atoms with van der Waals surface area (Å²) in [6.07, 6.45) is 3.64. The molecule has 3 aromatic heterocycles. The zero-order chi connectivity index (χ0) is 18.9. The molecule has 6 heteroatoms. The van der Waals surface area contributed by atoms with Crippen molar-refractivity contribution in [3.63, 3.8) is 0 Å². The molecule has 0 aliphatic rings. The van der Waals surface area contributed by atoms with Crippen LogP contribution in [0, 0.1) is 0 Å². The van der Waals surface area contributed by atoms with Crippen LogP contribution in [0.1, 0.15) is 0 Å². The first kappa shape index (κ1) is 16.3. The summed E-state index contributed by atoms with van der Waals surface area (Å²) < 4.78 is 10.9. The SMILES string of the molecule is COc1ccc(-c2onc3ccc(-c4c[nH]nc4-c4ccccn4)cc23)cc1. The number of aromatic nitrogens is 4. The molecule has 0 spiro atoms. The lowest BCUT2D eigenvalue weighted by atomic mass is 10.0. The zero-order valence-electron chi connectivity index (χ0n) is 15.1. The molecule has 0 aliphatic heterocycles. The molecule has 0 aliphatic carbocycles. The lowest BCUT2D eigenvalue weighted by Gasteiger charge is -2.04. The second kappa shape index (κ2) is 6.66. The number of methoxy groups -OCH3 is 1. The van der Waals surface area contributed by atoms with Crippen molar-refractivity contribution in [1.82, 2.24) is 20.3 Å². The van der Waals surface area contributed by atoms with Crippen LogP contribution in [0.2, 0.25) is 0 Å². The zero-order valence-corrected chi connectivity index (χ0v) is 15.1. The Kier molecular flexibility index (Phi) is 3.87. The molecule has 3 heterocycles. The van der Waals surface area contributed by atoms with Gasteiger partial charge in [0.25, 0.3) is 0 Å². The first-order valence-corrected chi connectivity index (χ1v) is 8.83. The second-order valence-electron chi connectivity index (χ2n) is 6.33. The number of benzene rings is 2. The van der Waals surface area contributed by atoms with E-state index < -0.39 is 0 Å². The quantitative estimate of drug-likeness (QED) is 0.485. The first-order valence-electron chi connectivity index (χ1n) is 8.83. The van der Waals surface area contributed by atoms with E-state index in [2.05, 4.69) is 26.4 Å². The van der Waals surface area contributed by atoms with Crippen LogP contribution in [-0.2, 0) is 0 Å². The van der Waals surface area contributed by atoms with Crippen LogP contribution in [0.25, 0.3) is 44.7 Å². The number of aromatic amines is 1. The molecule has 28 heavy (non-hydrogen) atoms. The third-order valence-electron chi connectivity index (χ3n) is 4.69. The van der Waals surface area contributed by atoms with E-state index in [1.54, 1.807) is 13.3 Å². The van der Waals surface area contributed by atoms with Crippen molar-refractivity contribution in [2.45, 2.75) is 0 Å². The monoisotopic (exact) mass is 368 g/mol. The van der Waals surface area contributed by atoms with E-state index in [4.69, 9.17) is 9.26 Å². The van der Waals surface area contributed by atoms with Crippen molar-refractivity contribution in [3.05, 3.63) is 73.1 Å². The molecule has 0 fully saturated rings. The van der Waals surface area contributed by atoms with Crippen molar-refractivity contribution >= 4 is 10.9 Å². The average Bonchev–Trinajstić information content (AvgIpc) is 3.41. The summed E-state index contributed by atoms with van der Waals surface area (Å²) in [7, 11) is 1.65. The Bertz CT molecular complexity index is 1240. The fourth-order valence-corrected chi connectivity index (χ4v) is 3.27. The lowest BCUT2D eigenvalue weighted by molar-refractivity contribution is 0.414. The van der Waals surface area contributed by atoms with Gasteiger partial charge < -0.3 is 9.26 Å². The van der Waals surface area contributed by atoms with E-state index in [1.165, 1.54) is 0 Å². The van der Waals surface area contributed by atoms with Crippen molar-refractivity contribution in [3.8, 4) is 39.6 Å². The predicted octanol–water partition coefficient (Wildman–Crippen LogP) is 4.96. The Morgan fingerprint density at radius 3 is 2.61 bits per heavy atom. The maximum absolute atomic E-state index is 5.64. The van der Waals surface area contributed by atoms with Gasteiger partial charge in [-0.1, -0.05) is 17.3 Å². The maximum Gasteiger partial charge on any atom is 0.174 e. The number of rotatable bonds is 4. The molecule has 1 N–H and O–H groups in total. The number of nitrogens with zero attached hydrogens (tertiary/aromatic N) is 3. The fraction of sp³-hybridized carbons (Fsp3) is 0.0455. The molecule has 136 valence electrons. The molecule has 5 aromatic rings.